The highest BCUT2D eigenvalue weighted by atomic mass is 16.6. The van der Waals surface area contributed by atoms with E-state index >= 15 is 0 Å². The Morgan fingerprint density at radius 2 is 1.79 bits per heavy atom. The number of amides is 1. The number of methoxy groups -OCH3 is 2. The van der Waals surface area contributed by atoms with Crippen LogP contribution in [0.4, 0.5) is 11.4 Å². The number of carbonyl (C=O) groups excluding carboxylic acids is 2. The van der Waals surface area contributed by atoms with E-state index in [0.29, 0.717) is 6.42 Å². The largest absolute Gasteiger partial charge is 0.497 e. The number of nitro benzene ring substituents is 1. The minimum Gasteiger partial charge on any atom is -0.497 e. The second-order valence-corrected chi connectivity index (χ2v) is 6.11. The number of carbonyl (C=O) groups is 2. The third kappa shape index (κ3) is 6.20. The van der Waals surface area contributed by atoms with Crippen LogP contribution in [0.25, 0.3) is 0 Å². The molecular formula is C20H22N2O7. The average Bonchev–Trinajstić information content (AvgIpc) is 2.72. The lowest BCUT2D eigenvalue weighted by Crippen LogP contribution is -2.30. The molecule has 0 radical (unpaired) electrons. The number of nitro groups is 1. The molecule has 1 atom stereocenters. The number of anilines is 1. The van der Waals surface area contributed by atoms with Gasteiger partial charge < -0.3 is 19.5 Å². The molecule has 0 spiro atoms. The predicted molar refractivity (Wildman–Crippen MR) is 105 cm³/mol. The zero-order valence-electron chi connectivity index (χ0n) is 16.3. The van der Waals surface area contributed by atoms with Gasteiger partial charge in [-0.3, -0.25) is 19.7 Å². The number of non-ortho nitro benzene ring substituents is 1. The summed E-state index contributed by atoms with van der Waals surface area (Å²) in [4.78, 5) is 34.7. The molecule has 0 aromatic heterocycles. The monoisotopic (exact) mass is 402 g/mol. The molecule has 0 fully saturated rings. The van der Waals surface area contributed by atoms with Crippen molar-refractivity contribution in [3.8, 4) is 11.5 Å². The van der Waals surface area contributed by atoms with Gasteiger partial charge in [0, 0.05) is 18.6 Å². The summed E-state index contributed by atoms with van der Waals surface area (Å²) in [6.45, 7) is 1.42. The van der Waals surface area contributed by atoms with Gasteiger partial charge in [0.1, 0.15) is 11.5 Å². The van der Waals surface area contributed by atoms with Gasteiger partial charge in [0.15, 0.2) is 6.10 Å². The smallest absolute Gasteiger partial charge is 0.306 e. The van der Waals surface area contributed by atoms with Crippen molar-refractivity contribution in [2.45, 2.75) is 25.9 Å². The first-order valence-electron chi connectivity index (χ1n) is 8.79. The number of esters is 1. The van der Waals surface area contributed by atoms with Crippen LogP contribution in [0, 0.1) is 10.1 Å². The maximum atomic E-state index is 12.3. The first kappa shape index (κ1) is 21.7. The van der Waals surface area contributed by atoms with Crippen molar-refractivity contribution in [3.05, 3.63) is 58.1 Å². The molecule has 1 amide bonds. The Bertz CT molecular complexity index is 881. The van der Waals surface area contributed by atoms with E-state index in [0.717, 1.165) is 11.3 Å². The minimum atomic E-state index is -1.08. The molecule has 1 N–H and O–H groups in total. The summed E-state index contributed by atoms with van der Waals surface area (Å²) >= 11 is 0. The van der Waals surface area contributed by atoms with E-state index < -0.39 is 22.9 Å². The number of hydrogen-bond donors (Lipinski definition) is 1. The van der Waals surface area contributed by atoms with Crippen molar-refractivity contribution in [1.29, 1.82) is 0 Å². The summed E-state index contributed by atoms with van der Waals surface area (Å²) < 4.78 is 15.3. The van der Waals surface area contributed by atoms with Crippen LogP contribution in [0.5, 0.6) is 11.5 Å². The number of aryl methyl sites for hydroxylation is 1. The van der Waals surface area contributed by atoms with Gasteiger partial charge in [-0.25, -0.2) is 0 Å². The number of nitrogens with one attached hydrogen (secondary N) is 1. The Morgan fingerprint density at radius 1 is 1.10 bits per heavy atom. The fourth-order valence-corrected chi connectivity index (χ4v) is 2.49. The van der Waals surface area contributed by atoms with E-state index in [2.05, 4.69) is 5.32 Å². The van der Waals surface area contributed by atoms with Crippen LogP contribution >= 0.6 is 0 Å². The van der Waals surface area contributed by atoms with E-state index in [9.17, 15) is 19.7 Å². The lowest BCUT2D eigenvalue weighted by molar-refractivity contribution is -0.384. The van der Waals surface area contributed by atoms with Crippen LogP contribution in [0.15, 0.2) is 42.5 Å². The highest BCUT2D eigenvalue weighted by Gasteiger charge is 2.20. The molecule has 154 valence electrons. The Kier molecular flexibility index (Phi) is 7.53. The molecular weight excluding hydrogens is 380 g/mol. The molecule has 2 aromatic carbocycles. The van der Waals surface area contributed by atoms with Gasteiger partial charge in [-0.05, 0) is 37.1 Å². The van der Waals surface area contributed by atoms with Crippen molar-refractivity contribution < 1.29 is 28.7 Å². The second-order valence-electron chi connectivity index (χ2n) is 6.11. The zero-order chi connectivity index (χ0) is 21.4. The predicted octanol–water partition coefficient (Wildman–Crippen LogP) is 3.12. The van der Waals surface area contributed by atoms with Gasteiger partial charge in [0.25, 0.3) is 11.6 Å². The molecule has 0 bridgehead atoms. The van der Waals surface area contributed by atoms with Gasteiger partial charge in [-0.15, -0.1) is 0 Å². The molecule has 0 aliphatic rings. The third-order valence-corrected chi connectivity index (χ3v) is 4.11. The highest BCUT2D eigenvalue weighted by molar-refractivity contribution is 5.96. The van der Waals surface area contributed by atoms with E-state index in [-0.39, 0.29) is 23.5 Å². The maximum absolute atomic E-state index is 12.3. The van der Waals surface area contributed by atoms with Gasteiger partial charge in [0.05, 0.1) is 24.8 Å². The molecule has 0 heterocycles. The van der Waals surface area contributed by atoms with Gasteiger partial charge in [-0.1, -0.05) is 12.1 Å². The number of rotatable bonds is 9. The zero-order valence-corrected chi connectivity index (χ0v) is 16.3. The first-order valence-corrected chi connectivity index (χ1v) is 8.79. The molecule has 0 saturated heterocycles. The Labute approximate surface area is 167 Å². The summed E-state index contributed by atoms with van der Waals surface area (Å²) in [5, 5.41) is 13.4. The van der Waals surface area contributed by atoms with Crippen molar-refractivity contribution in [3.63, 3.8) is 0 Å². The van der Waals surface area contributed by atoms with E-state index in [1.165, 1.54) is 32.2 Å². The van der Waals surface area contributed by atoms with Crippen LogP contribution in [-0.4, -0.2) is 37.1 Å². The molecule has 0 aliphatic heterocycles. The van der Waals surface area contributed by atoms with Gasteiger partial charge >= 0.3 is 5.97 Å². The van der Waals surface area contributed by atoms with Gasteiger partial charge in [-0.2, -0.15) is 0 Å². The summed E-state index contributed by atoms with van der Waals surface area (Å²) in [6.07, 6.45) is -0.526. The summed E-state index contributed by atoms with van der Waals surface area (Å²) in [7, 11) is 2.95. The SMILES string of the molecule is COc1ccc(CCC(=O)O[C@H](C)C(=O)Nc2cc([N+](=O)[O-])ccc2OC)cc1. The van der Waals surface area contributed by atoms with Crippen molar-refractivity contribution in [2.75, 3.05) is 19.5 Å². The molecule has 0 unspecified atom stereocenters. The summed E-state index contributed by atoms with van der Waals surface area (Å²) in [5.74, 6) is -0.184. The van der Waals surface area contributed by atoms with E-state index in [1.54, 1.807) is 19.2 Å². The molecule has 0 saturated carbocycles. The fraction of sp³-hybridized carbons (Fsp3) is 0.300. The van der Waals surface area contributed by atoms with Crippen LogP contribution < -0.4 is 14.8 Å². The molecule has 2 aromatic rings. The highest BCUT2D eigenvalue weighted by Crippen LogP contribution is 2.29. The quantitative estimate of drug-likeness (QED) is 0.389. The Hall–Kier alpha value is -3.62. The minimum absolute atomic E-state index is 0.101. The molecule has 9 nitrogen and oxygen atoms in total. The maximum Gasteiger partial charge on any atom is 0.306 e. The number of hydrogen-bond acceptors (Lipinski definition) is 7. The van der Waals surface area contributed by atoms with Crippen molar-refractivity contribution >= 4 is 23.3 Å². The standard InChI is InChI=1S/C20H22N2O7/c1-13(29-19(23)11-6-14-4-8-16(27-2)9-5-14)20(24)21-17-12-15(22(25)26)7-10-18(17)28-3/h4-5,7-10,12-13H,6,11H2,1-3H3,(H,21,24)/t13-/m1/s1. The van der Waals surface area contributed by atoms with Crippen LogP contribution in [0.1, 0.15) is 18.9 Å². The number of ether oxygens (including phenoxy) is 3. The second kappa shape index (κ2) is 10.1. The molecule has 2 rings (SSSR count). The third-order valence-electron chi connectivity index (χ3n) is 4.11. The molecule has 29 heavy (non-hydrogen) atoms. The van der Waals surface area contributed by atoms with E-state index in [4.69, 9.17) is 14.2 Å². The fourth-order valence-electron chi connectivity index (χ4n) is 2.49. The topological polar surface area (TPSA) is 117 Å². The van der Waals surface area contributed by atoms with Crippen molar-refractivity contribution in [1.82, 2.24) is 0 Å². The van der Waals surface area contributed by atoms with Crippen molar-refractivity contribution in [2.24, 2.45) is 0 Å². The Balaban J connectivity index is 1.91. The lowest BCUT2D eigenvalue weighted by Gasteiger charge is -2.15. The van der Waals surface area contributed by atoms with Crippen LogP contribution in [-0.2, 0) is 20.7 Å². The first-order chi connectivity index (χ1) is 13.8. The number of nitrogens with zero attached hydrogens (tertiary/aromatic N) is 1. The summed E-state index contributed by atoms with van der Waals surface area (Å²) in [5.41, 5.74) is 0.847. The lowest BCUT2D eigenvalue weighted by atomic mass is 10.1. The number of benzene rings is 2. The van der Waals surface area contributed by atoms with E-state index in [1.807, 2.05) is 12.1 Å². The van der Waals surface area contributed by atoms with Crippen LogP contribution in [0.2, 0.25) is 0 Å². The summed E-state index contributed by atoms with van der Waals surface area (Å²) in [6, 6.07) is 11.1. The van der Waals surface area contributed by atoms with Crippen LogP contribution in [0.3, 0.4) is 0 Å². The van der Waals surface area contributed by atoms with Gasteiger partial charge in [0.2, 0.25) is 0 Å². The molecule has 0 aliphatic carbocycles. The molecule has 9 heteroatoms. The Morgan fingerprint density at radius 3 is 2.38 bits per heavy atom. The normalized spacial score (nSPS) is 11.3. The average molecular weight is 402 g/mol.